The van der Waals surface area contributed by atoms with Crippen molar-refractivity contribution in [2.75, 3.05) is 26.8 Å². The van der Waals surface area contributed by atoms with Crippen molar-refractivity contribution in [3.05, 3.63) is 0 Å². The second-order valence-corrected chi connectivity index (χ2v) is 3.71. The zero-order chi connectivity index (χ0) is 11.5. The standard InChI is InChI=1S/C11H24N2O2/c1-3-6-10(9-12)11(14)13-7-4-5-8-15-2/h10H,3-9,12H2,1-2H3,(H,13,14). The summed E-state index contributed by atoms with van der Waals surface area (Å²) in [5.74, 6) is 0.0780. The number of unbranched alkanes of at least 4 members (excludes halogenated alkanes) is 1. The number of hydrogen-bond donors (Lipinski definition) is 2. The van der Waals surface area contributed by atoms with Crippen LogP contribution in [0.2, 0.25) is 0 Å². The Kier molecular flexibility index (Phi) is 9.52. The molecule has 0 rings (SSSR count). The van der Waals surface area contributed by atoms with Crippen molar-refractivity contribution in [1.82, 2.24) is 5.32 Å². The zero-order valence-electron chi connectivity index (χ0n) is 9.92. The lowest BCUT2D eigenvalue weighted by molar-refractivity contribution is -0.124. The summed E-state index contributed by atoms with van der Waals surface area (Å²) in [6.07, 6.45) is 3.82. The number of hydrogen-bond acceptors (Lipinski definition) is 3. The highest BCUT2D eigenvalue weighted by atomic mass is 16.5. The minimum atomic E-state index is -0.0163. The van der Waals surface area contributed by atoms with Gasteiger partial charge in [-0.2, -0.15) is 0 Å². The van der Waals surface area contributed by atoms with Gasteiger partial charge in [-0.3, -0.25) is 4.79 Å². The van der Waals surface area contributed by atoms with Gasteiger partial charge in [0.05, 0.1) is 5.92 Å². The summed E-state index contributed by atoms with van der Waals surface area (Å²) in [5.41, 5.74) is 5.53. The quantitative estimate of drug-likeness (QED) is 0.563. The predicted molar refractivity (Wildman–Crippen MR) is 61.6 cm³/mol. The fourth-order valence-electron chi connectivity index (χ4n) is 1.43. The van der Waals surface area contributed by atoms with E-state index in [4.69, 9.17) is 10.5 Å². The van der Waals surface area contributed by atoms with E-state index in [0.29, 0.717) is 6.54 Å². The van der Waals surface area contributed by atoms with E-state index in [1.807, 2.05) is 0 Å². The predicted octanol–water partition coefficient (Wildman–Crippen LogP) is 0.904. The van der Waals surface area contributed by atoms with Crippen molar-refractivity contribution in [3.63, 3.8) is 0 Å². The summed E-state index contributed by atoms with van der Waals surface area (Å²) < 4.78 is 4.92. The number of carbonyl (C=O) groups is 1. The van der Waals surface area contributed by atoms with E-state index >= 15 is 0 Å². The fourth-order valence-corrected chi connectivity index (χ4v) is 1.43. The smallest absolute Gasteiger partial charge is 0.224 e. The summed E-state index contributed by atoms with van der Waals surface area (Å²) in [5, 5.41) is 2.90. The molecule has 0 aliphatic heterocycles. The van der Waals surface area contributed by atoms with Crippen LogP contribution in [0.4, 0.5) is 0 Å². The van der Waals surface area contributed by atoms with E-state index in [2.05, 4.69) is 12.2 Å². The second kappa shape index (κ2) is 9.93. The van der Waals surface area contributed by atoms with Crippen LogP contribution in [0.3, 0.4) is 0 Å². The van der Waals surface area contributed by atoms with E-state index in [0.717, 1.165) is 38.8 Å². The number of nitrogens with two attached hydrogens (primary N) is 1. The molecule has 0 aliphatic rings. The lowest BCUT2D eigenvalue weighted by Crippen LogP contribution is -2.35. The molecule has 0 radical (unpaired) electrons. The Labute approximate surface area is 92.6 Å². The number of amides is 1. The van der Waals surface area contributed by atoms with Crippen LogP contribution in [0.1, 0.15) is 32.6 Å². The third-order valence-electron chi connectivity index (χ3n) is 2.37. The molecule has 0 fully saturated rings. The normalized spacial score (nSPS) is 12.5. The van der Waals surface area contributed by atoms with E-state index < -0.39 is 0 Å². The van der Waals surface area contributed by atoms with Gasteiger partial charge in [0, 0.05) is 26.8 Å². The number of ether oxygens (including phenoxy) is 1. The lowest BCUT2D eigenvalue weighted by Gasteiger charge is -2.13. The Morgan fingerprint density at radius 1 is 1.47 bits per heavy atom. The van der Waals surface area contributed by atoms with Crippen molar-refractivity contribution in [2.24, 2.45) is 11.7 Å². The molecule has 0 saturated heterocycles. The third kappa shape index (κ3) is 7.33. The van der Waals surface area contributed by atoms with Crippen LogP contribution in [0.25, 0.3) is 0 Å². The first-order valence-corrected chi connectivity index (χ1v) is 5.73. The molecule has 0 heterocycles. The van der Waals surface area contributed by atoms with Gasteiger partial charge >= 0.3 is 0 Å². The van der Waals surface area contributed by atoms with Gasteiger partial charge in [0.2, 0.25) is 5.91 Å². The molecule has 0 spiro atoms. The molecule has 1 atom stereocenters. The largest absolute Gasteiger partial charge is 0.385 e. The molecule has 1 amide bonds. The van der Waals surface area contributed by atoms with Crippen LogP contribution in [0.5, 0.6) is 0 Å². The van der Waals surface area contributed by atoms with E-state index in [-0.39, 0.29) is 11.8 Å². The molecule has 0 saturated carbocycles. The number of nitrogens with one attached hydrogen (secondary N) is 1. The van der Waals surface area contributed by atoms with Gasteiger partial charge < -0.3 is 15.8 Å². The third-order valence-corrected chi connectivity index (χ3v) is 2.37. The minimum absolute atomic E-state index is 0.0163. The van der Waals surface area contributed by atoms with Crippen molar-refractivity contribution in [3.8, 4) is 0 Å². The van der Waals surface area contributed by atoms with Gasteiger partial charge in [0.1, 0.15) is 0 Å². The first-order valence-electron chi connectivity index (χ1n) is 5.73. The molecule has 15 heavy (non-hydrogen) atoms. The summed E-state index contributed by atoms with van der Waals surface area (Å²) in [6.45, 7) is 3.99. The highest BCUT2D eigenvalue weighted by molar-refractivity contribution is 5.78. The Balaban J connectivity index is 3.53. The number of rotatable bonds is 9. The topological polar surface area (TPSA) is 64.4 Å². The van der Waals surface area contributed by atoms with Crippen LogP contribution in [0.15, 0.2) is 0 Å². The second-order valence-electron chi connectivity index (χ2n) is 3.71. The van der Waals surface area contributed by atoms with Crippen LogP contribution in [-0.2, 0) is 9.53 Å². The Bertz CT molecular complexity index is 163. The fraction of sp³-hybridized carbons (Fsp3) is 0.909. The maximum Gasteiger partial charge on any atom is 0.224 e. The molecule has 3 N–H and O–H groups in total. The average Bonchev–Trinajstić information content (AvgIpc) is 2.25. The van der Waals surface area contributed by atoms with Crippen molar-refractivity contribution < 1.29 is 9.53 Å². The molecule has 0 aromatic carbocycles. The van der Waals surface area contributed by atoms with Crippen molar-refractivity contribution >= 4 is 5.91 Å². The SMILES string of the molecule is CCCC(CN)C(=O)NCCCCOC. The maximum atomic E-state index is 11.6. The van der Waals surface area contributed by atoms with Gasteiger partial charge in [-0.1, -0.05) is 13.3 Å². The Morgan fingerprint density at radius 2 is 2.20 bits per heavy atom. The first-order chi connectivity index (χ1) is 7.26. The molecular weight excluding hydrogens is 192 g/mol. The number of carbonyl (C=O) groups excluding carboxylic acids is 1. The summed E-state index contributed by atoms with van der Waals surface area (Å²) in [6, 6.07) is 0. The molecule has 0 aromatic heterocycles. The van der Waals surface area contributed by atoms with E-state index in [1.54, 1.807) is 7.11 Å². The Morgan fingerprint density at radius 3 is 2.73 bits per heavy atom. The summed E-state index contributed by atoms with van der Waals surface area (Å²) >= 11 is 0. The van der Waals surface area contributed by atoms with E-state index in [9.17, 15) is 4.79 Å². The van der Waals surface area contributed by atoms with Crippen LogP contribution in [0, 0.1) is 5.92 Å². The molecule has 90 valence electrons. The monoisotopic (exact) mass is 216 g/mol. The molecule has 0 bridgehead atoms. The molecular formula is C11H24N2O2. The van der Waals surface area contributed by atoms with Gasteiger partial charge in [0.15, 0.2) is 0 Å². The van der Waals surface area contributed by atoms with Gasteiger partial charge in [-0.05, 0) is 19.3 Å². The highest BCUT2D eigenvalue weighted by Gasteiger charge is 2.14. The zero-order valence-corrected chi connectivity index (χ0v) is 9.92. The lowest BCUT2D eigenvalue weighted by atomic mass is 10.0. The van der Waals surface area contributed by atoms with Crippen LogP contribution < -0.4 is 11.1 Å². The molecule has 1 unspecified atom stereocenters. The van der Waals surface area contributed by atoms with Crippen LogP contribution in [-0.4, -0.2) is 32.7 Å². The average molecular weight is 216 g/mol. The first kappa shape index (κ1) is 14.4. The van der Waals surface area contributed by atoms with Gasteiger partial charge in [-0.25, -0.2) is 0 Å². The van der Waals surface area contributed by atoms with Gasteiger partial charge in [-0.15, -0.1) is 0 Å². The molecule has 0 aliphatic carbocycles. The van der Waals surface area contributed by atoms with Crippen molar-refractivity contribution in [1.29, 1.82) is 0 Å². The summed E-state index contributed by atoms with van der Waals surface area (Å²) in [7, 11) is 1.68. The molecule has 0 aromatic rings. The van der Waals surface area contributed by atoms with Crippen molar-refractivity contribution in [2.45, 2.75) is 32.6 Å². The van der Waals surface area contributed by atoms with E-state index in [1.165, 1.54) is 0 Å². The molecule has 4 nitrogen and oxygen atoms in total. The highest BCUT2D eigenvalue weighted by Crippen LogP contribution is 2.04. The van der Waals surface area contributed by atoms with Crippen LogP contribution >= 0.6 is 0 Å². The summed E-state index contributed by atoms with van der Waals surface area (Å²) in [4.78, 5) is 11.6. The maximum absolute atomic E-state index is 11.6. The Hall–Kier alpha value is -0.610. The van der Waals surface area contributed by atoms with Gasteiger partial charge in [0.25, 0.3) is 0 Å². The number of methoxy groups -OCH3 is 1. The molecule has 4 heteroatoms. The minimum Gasteiger partial charge on any atom is -0.385 e.